The minimum Gasteiger partial charge on any atom is -0.367 e. The Kier molecular flexibility index (Phi) is 3.87. The number of nitrogens with one attached hydrogen (secondary N) is 1. The van der Waals surface area contributed by atoms with E-state index in [-0.39, 0.29) is 0 Å². The second-order valence-corrected chi connectivity index (χ2v) is 5.74. The van der Waals surface area contributed by atoms with E-state index in [0.717, 1.165) is 17.6 Å². The fourth-order valence-electron chi connectivity index (χ4n) is 2.31. The molecule has 2 rings (SSSR count). The summed E-state index contributed by atoms with van der Waals surface area (Å²) in [4.78, 5) is 8.75. The molecule has 0 amide bonds. The zero-order valence-corrected chi connectivity index (χ0v) is 11.5. The fourth-order valence-corrected chi connectivity index (χ4v) is 2.50. The Labute approximate surface area is 108 Å². The lowest BCUT2D eigenvalue weighted by molar-refractivity contribution is 0.602. The van der Waals surface area contributed by atoms with Crippen LogP contribution in [0.5, 0.6) is 0 Å². The molecule has 1 aromatic heterocycles. The minimum atomic E-state index is 0.303. The number of aromatic nitrogens is 2. The van der Waals surface area contributed by atoms with E-state index in [1.54, 1.807) is 0 Å². The van der Waals surface area contributed by atoms with E-state index >= 15 is 0 Å². The number of anilines is 1. The van der Waals surface area contributed by atoms with Crippen molar-refractivity contribution in [1.29, 1.82) is 0 Å². The molecule has 1 N–H and O–H groups in total. The summed E-state index contributed by atoms with van der Waals surface area (Å²) < 4.78 is 0. The number of hydrogen-bond acceptors (Lipinski definition) is 3. The lowest BCUT2D eigenvalue weighted by atomic mass is 10.1. The van der Waals surface area contributed by atoms with Gasteiger partial charge in [0, 0.05) is 18.0 Å². The van der Waals surface area contributed by atoms with Crippen LogP contribution in [0, 0.1) is 5.92 Å². The Morgan fingerprint density at radius 3 is 2.71 bits per heavy atom. The molecular weight excluding hydrogens is 234 g/mol. The Hall–Kier alpha value is -0.830. The summed E-state index contributed by atoms with van der Waals surface area (Å²) in [6, 6.07) is 2.35. The molecule has 3 nitrogen and oxygen atoms in total. The Bertz CT molecular complexity index is 392. The van der Waals surface area contributed by atoms with Crippen molar-refractivity contribution in [2.24, 2.45) is 5.92 Å². The molecule has 17 heavy (non-hydrogen) atoms. The Morgan fingerprint density at radius 2 is 2.12 bits per heavy atom. The molecule has 1 aliphatic rings. The average Bonchev–Trinajstić information content (AvgIpc) is 2.63. The molecule has 1 aliphatic carbocycles. The van der Waals surface area contributed by atoms with Crippen molar-refractivity contribution in [2.75, 3.05) is 5.32 Å². The van der Waals surface area contributed by atoms with Crippen LogP contribution >= 0.6 is 11.6 Å². The lowest BCUT2D eigenvalue weighted by Crippen LogP contribution is -2.17. The third kappa shape index (κ3) is 3.32. The van der Waals surface area contributed by atoms with Gasteiger partial charge in [0.25, 0.3) is 0 Å². The third-order valence-corrected chi connectivity index (χ3v) is 3.47. The topological polar surface area (TPSA) is 37.8 Å². The highest BCUT2D eigenvalue weighted by molar-refractivity contribution is 6.29. The van der Waals surface area contributed by atoms with Gasteiger partial charge in [-0.05, 0) is 25.2 Å². The molecule has 0 radical (unpaired) electrons. The van der Waals surface area contributed by atoms with Crippen molar-refractivity contribution >= 4 is 17.4 Å². The molecule has 0 aliphatic heterocycles. The first-order chi connectivity index (χ1) is 8.04. The van der Waals surface area contributed by atoms with Crippen molar-refractivity contribution < 1.29 is 0 Å². The second kappa shape index (κ2) is 5.21. The van der Waals surface area contributed by atoms with Crippen molar-refractivity contribution in [2.45, 2.75) is 52.0 Å². The largest absolute Gasteiger partial charge is 0.367 e. The molecule has 4 heteroatoms. The fraction of sp³-hybridized carbons (Fsp3) is 0.692. The van der Waals surface area contributed by atoms with Crippen LogP contribution in [-0.2, 0) is 0 Å². The van der Waals surface area contributed by atoms with Crippen LogP contribution in [0.2, 0.25) is 5.15 Å². The van der Waals surface area contributed by atoms with Crippen LogP contribution in [0.1, 0.15) is 51.8 Å². The molecule has 2 unspecified atom stereocenters. The number of hydrogen-bond donors (Lipinski definition) is 1. The van der Waals surface area contributed by atoms with Gasteiger partial charge >= 0.3 is 0 Å². The van der Waals surface area contributed by atoms with Gasteiger partial charge in [0.15, 0.2) is 0 Å². The predicted octanol–water partition coefficient (Wildman–Crippen LogP) is 3.85. The van der Waals surface area contributed by atoms with Gasteiger partial charge in [0.1, 0.15) is 16.8 Å². The molecule has 94 valence electrons. The molecule has 0 spiro atoms. The van der Waals surface area contributed by atoms with Crippen molar-refractivity contribution in [3.8, 4) is 0 Å². The molecule has 0 aromatic carbocycles. The van der Waals surface area contributed by atoms with Gasteiger partial charge in [-0.15, -0.1) is 0 Å². The summed E-state index contributed by atoms with van der Waals surface area (Å²) >= 11 is 6.02. The molecule has 1 heterocycles. The van der Waals surface area contributed by atoms with Crippen LogP contribution in [0.15, 0.2) is 6.07 Å². The average molecular weight is 254 g/mol. The third-order valence-electron chi connectivity index (χ3n) is 3.28. The van der Waals surface area contributed by atoms with Crippen molar-refractivity contribution in [3.63, 3.8) is 0 Å². The van der Waals surface area contributed by atoms with Crippen LogP contribution in [-0.4, -0.2) is 16.0 Å². The Balaban J connectivity index is 2.10. The zero-order valence-electron chi connectivity index (χ0n) is 10.7. The zero-order chi connectivity index (χ0) is 12.4. The first-order valence-electron chi connectivity index (χ1n) is 6.35. The minimum absolute atomic E-state index is 0.303. The summed E-state index contributed by atoms with van der Waals surface area (Å²) in [6.07, 6.45) is 3.74. The summed E-state index contributed by atoms with van der Waals surface area (Å²) in [6.45, 7) is 6.45. The molecule has 1 saturated carbocycles. The molecule has 1 aromatic rings. The maximum absolute atomic E-state index is 6.02. The highest BCUT2D eigenvalue weighted by Crippen LogP contribution is 2.27. The molecular formula is C13H20ClN3. The van der Waals surface area contributed by atoms with E-state index in [4.69, 9.17) is 11.6 Å². The maximum atomic E-state index is 6.02. The summed E-state index contributed by atoms with van der Waals surface area (Å²) in [7, 11) is 0. The predicted molar refractivity (Wildman–Crippen MR) is 71.6 cm³/mol. The highest BCUT2D eigenvalue weighted by atomic mass is 35.5. The molecule has 1 fully saturated rings. The van der Waals surface area contributed by atoms with E-state index in [9.17, 15) is 0 Å². The monoisotopic (exact) mass is 253 g/mol. The summed E-state index contributed by atoms with van der Waals surface area (Å²) in [5.41, 5.74) is 0. The number of nitrogens with zero attached hydrogens (tertiary/aromatic N) is 2. The molecule has 0 saturated heterocycles. The van der Waals surface area contributed by atoms with Crippen LogP contribution in [0.25, 0.3) is 0 Å². The van der Waals surface area contributed by atoms with E-state index in [1.165, 1.54) is 19.3 Å². The standard InChI is InChI=1S/C13H20ClN3/c1-8(2)13-16-11(14)7-12(17-13)15-10-5-4-9(3)6-10/h7-10H,4-6H2,1-3H3,(H,15,16,17). The SMILES string of the molecule is CC1CCC(Nc2cc(Cl)nc(C(C)C)n2)C1. The molecule has 2 atom stereocenters. The normalized spacial score (nSPS) is 24.3. The maximum Gasteiger partial charge on any atom is 0.135 e. The van der Waals surface area contributed by atoms with Gasteiger partial charge in [-0.1, -0.05) is 32.4 Å². The quantitative estimate of drug-likeness (QED) is 0.832. The number of rotatable bonds is 3. The Morgan fingerprint density at radius 1 is 1.35 bits per heavy atom. The second-order valence-electron chi connectivity index (χ2n) is 5.35. The van der Waals surface area contributed by atoms with E-state index in [0.29, 0.717) is 17.1 Å². The van der Waals surface area contributed by atoms with Gasteiger partial charge in [-0.3, -0.25) is 0 Å². The smallest absolute Gasteiger partial charge is 0.135 e. The molecule has 0 bridgehead atoms. The van der Waals surface area contributed by atoms with Gasteiger partial charge in [0.05, 0.1) is 0 Å². The highest BCUT2D eigenvalue weighted by Gasteiger charge is 2.21. The van der Waals surface area contributed by atoms with Crippen LogP contribution in [0.3, 0.4) is 0 Å². The van der Waals surface area contributed by atoms with Gasteiger partial charge in [0.2, 0.25) is 0 Å². The first kappa shape index (κ1) is 12.6. The summed E-state index contributed by atoms with van der Waals surface area (Å²) in [5, 5.41) is 4.00. The first-order valence-corrected chi connectivity index (χ1v) is 6.73. The van der Waals surface area contributed by atoms with E-state index < -0.39 is 0 Å². The van der Waals surface area contributed by atoms with Crippen molar-refractivity contribution in [3.05, 3.63) is 17.0 Å². The van der Waals surface area contributed by atoms with E-state index in [2.05, 4.69) is 36.1 Å². The van der Waals surface area contributed by atoms with Gasteiger partial charge < -0.3 is 5.32 Å². The van der Waals surface area contributed by atoms with Gasteiger partial charge in [-0.2, -0.15) is 0 Å². The van der Waals surface area contributed by atoms with Crippen LogP contribution < -0.4 is 5.32 Å². The van der Waals surface area contributed by atoms with E-state index in [1.807, 2.05) is 6.07 Å². The van der Waals surface area contributed by atoms with Gasteiger partial charge in [-0.25, -0.2) is 9.97 Å². The van der Waals surface area contributed by atoms with Crippen LogP contribution in [0.4, 0.5) is 5.82 Å². The number of halogens is 1. The van der Waals surface area contributed by atoms with Crippen molar-refractivity contribution in [1.82, 2.24) is 9.97 Å². The lowest BCUT2D eigenvalue weighted by Gasteiger charge is -2.14. The summed E-state index contributed by atoms with van der Waals surface area (Å²) in [5.74, 6) is 2.80.